The van der Waals surface area contributed by atoms with Crippen molar-refractivity contribution in [2.75, 3.05) is 6.54 Å². The molecule has 0 atom stereocenters. The number of aromatic hydroxyl groups is 1. The average Bonchev–Trinajstić information content (AvgIpc) is 3.09. The molecule has 3 N–H and O–H groups in total. The van der Waals surface area contributed by atoms with Crippen molar-refractivity contribution in [3.8, 4) is 17.0 Å². The number of nitro groups is 1. The van der Waals surface area contributed by atoms with E-state index in [1.54, 1.807) is 29.6 Å². The Morgan fingerprint density at radius 2 is 2.10 bits per heavy atom. The predicted molar refractivity (Wildman–Crippen MR) is 110 cm³/mol. The molecule has 0 fully saturated rings. The van der Waals surface area contributed by atoms with Gasteiger partial charge < -0.3 is 10.8 Å². The molecule has 1 aromatic heterocycles. The van der Waals surface area contributed by atoms with Crippen molar-refractivity contribution >= 4 is 29.1 Å². The first kappa shape index (κ1) is 20.0. The maximum Gasteiger partial charge on any atom is 0.278 e. The number of hydrogen-bond acceptors (Lipinski definition) is 7. The van der Waals surface area contributed by atoms with Crippen LogP contribution in [-0.2, 0) is 0 Å². The summed E-state index contributed by atoms with van der Waals surface area (Å²) in [5.74, 6) is -0.974. The zero-order valence-corrected chi connectivity index (χ0v) is 16.2. The fourth-order valence-corrected chi connectivity index (χ4v) is 3.53. The summed E-state index contributed by atoms with van der Waals surface area (Å²) in [6.45, 7) is 2.39. The zero-order valence-electron chi connectivity index (χ0n) is 15.3. The number of aromatic nitrogens is 1. The number of phenols is 1. The number of hydrogen-bond donors (Lipinski definition) is 2. The fourth-order valence-electron chi connectivity index (χ4n) is 2.63. The van der Waals surface area contributed by atoms with E-state index >= 15 is 0 Å². The van der Waals surface area contributed by atoms with Gasteiger partial charge in [0.25, 0.3) is 11.6 Å². The molecular weight excluding hydrogens is 394 g/mol. The Kier molecular flexibility index (Phi) is 5.84. The molecule has 0 aliphatic heterocycles. The van der Waals surface area contributed by atoms with Gasteiger partial charge in [-0.05, 0) is 31.2 Å². The van der Waals surface area contributed by atoms with E-state index < -0.39 is 10.8 Å². The largest absolute Gasteiger partial charge is 0.507 e. The van der Waals surface area contributed by atoms with Gasteiger partial charge in [0.2, 0.25) is 4.80 Å². The minimum absolute atomic E-state index is 0.0168. The molecule has 3 rings (SSSR count). The summed E-state index contributed by atoms with van der Waals surface area (Å²) in [7, 11) is 0. The smallest absolute Gasteiger partial charge is 0.278 e. The molecule has 0 unspecified atom stereocenters. The topological polar surface area (TPSA) is 136 Å². The summed E-state index contributed by atoms with van der Waals surface area (Å²) in [4.78, 5) is 27.3. The second-order valence-electron chi connectivity index (χ2n) is 5.85. The molecule has 148 valence electrons. The van der Waals surface area contributed by atoms with Crippen LogP contribution in [0.2, 0.25) is 0 Å². The summed E-state index contributed by atoms with van der Waals surface area (Å²) in [5.41, 5.74) is 6.76. The van der Waals surface area contributed by atoms with Gasteiger partial charge in [-0.1, -0.05) is 12.1 Å². The van der Waals surface area contributed by atoms with Crippen LogP contribution >= 0.6 is 11.3 Å². The molecule has 0 aliphatic carbocycles. The van der Waals surface area contributed by atoms with Crippen molar-refractivity contribution in [3.63, 3.8) is 0 Å². The Labute approximate surface area is 169 Å². The van der Waals surface area contributed by atoms with Gasteiger partial charge in [0.1, 0.15) is 5.75 Å². The van der Waals surface area contributed by atoms with Gasteiger partial charge in [0.15, 0.2) is 0 Å². The lowest BCUT2D eigenvalue weighted by Gasteiger charge is -2.06. The molecule has 0 radical (unpaired) electrons. The lowest BCUT2D eigenvalue weighted by molar-refractivity contribution is -0.385. The second kappa shape index (κ2) is 8.48. The van der Waals surface area contributed by atoms with Gasteiger partial charge in [-0.3, -0.25) is 19.9 Å². The molecule has 3 aromatic rings. The average molecular weight is 411 g/mol. The monoisotopic (exact) mass is 411 g/mol. The van der Waals surface area contributed by atoms with E-state index in [4.69, 9.17) is 5.73 Å². The van der Waals surface area contributed by atoms with Crippen molar-refractivity contribution in [3.05, 3.63) is 73.9 Å². The first-order valence-electron chi connectivity index (χ1n) is 8.54. The van der Waals surface area contributed by atoms with Crippen LogP contribution in [0.1, 0.15) is 22.8 Å². The minimum Gasteiger partial charge on any atom is -0.507 e. The molecule has 1 heterocycles. The number of primary amides is 1. The van der Waals surface area contributed by atoms with Crippen LogP contribution in [0.5, 0.6) is 5.75 Å². The summed E-state index contributed by atoms with van der Waals surface area (Å²) in [6, 6.07) is 10.7. The third-order valence-electron chi connectivity index (χ3n) is 3.98. The normalized spacial score (nSPS) is 11.8. The molecule has 0 saturated heterocycles. The van der Waals surface area contributed by atoms with Gasteiger partial charge in [-0.2, -0.15) is 5.10 Å². The van der Waals surface area contributed by atoms with Crippen LogP contribution in [-0.4, -0.2) is 33.4 Å². The summed E-state index contributed by atoms with van der Waals surface area (Å²) in [5, 5.41) is 27.2. The third kappa shape index (κ3) is 4.22. The quantitative estimate of drug-likeness (QED) is 0.366. The number of para-hydroxylation sites is 1. The molecule has 0 saturated carbocycles. The van der Waals surface area contributed by atoms with Gasteiger partial charge in [0, 0.05) is 23.6 Å². The van der Waals surface area contributed by atoms with Crippen LogP contribution in [0.15, 0.2) is 57.9 Å². The lowest BCUT2D eigenvalue weighted by Crippen LogP contribution is -2.13. The van der Waals surface area contributed by atoms with Gasteiger partial charge in [-0.25, -0.2) is 4.68 Å². The van der Waals surface area contributed by atoms with Crippen LogP contribution in [0.4, 0.5) is 5.69 Å². The molecule has 0 bridgehead atoms. The van der Waals surface area contributed by atoms with Gasteiger partial charge in [0.05, 0.1) is 28.0 Å². The molecule has 0 spiro atoms. The van der Waals surface area contributed by atoms with Crippen molar-refractivity contribution in [1.82, 2.24) is 4.68 Å². The lowest BCUT2D eigenvalue weighted by atomic mass is 10.1. The first-order valence-corrected chi connectivity index (χ1v) is 9.42. The van der Waals surface area contributed by atoms with Crippen LogP contribution in [0.25, 0.3) is 11.3 Å². The zero-order chi connectivity index (χ0) is 21.0. The number of nitrogens with two attached hydrogens (primary N) is 1. The van der Waals surface area contributed by atoms with E-state index in [1.807, 2.05) is 6.92 Å². The highest BCUT2D eigenvalue weighted by Crippen LogP contribution is 2.26. The van der Waals surface area contributed by atoms with Crippen LogP contribution in [0, 0.1) is 10.1 Å². The van der Waals surface area contributed by atoms with E-state index in [9.17, 15) is 20.0 Å². The molecule has 9 nitrogen and oxygen atoms in total. The summed E-state index contributed by atoms with van der Waals surface area (Å²) >= 11 is 1.33. The number of nitrogens with zero attached hydrogens (tertiary/aromatic N) is 4. The number of amides is 1. The first-order chi connectivity index (χ1) is 13.9. The Hall–Kier alpha value is -3.79. The number of thiazole rings is 1. The highest BCUT2D eigenvalue weighted by atomic mass is 32.1. The minimum atomic E-state index is -0.756. The number of rotatable bonds is 6. The summed E-state index contributed by atoms with van der Waals surface area (Å²) < 4.78 is 1.53. The van der Waals surface area contributed by atoms with Gasteiger partial charge in [-0.15, -0.1) is 11.3 Å². The van der Waals surface area contributed by atoms with E-state index in [1.165, 1.54) is 40.4 Å². The van der Waals surface area contributed by atoms with Crippen molar-refractivity contribution in [2.24, 2.45) is 15.8 Å². The van der Waals surface area contributed by atoms with E-state index in [0.29, 0.717) is 28.2 Å². The molecule has 2 aromatic carbocycles. The molecule has 0 aliphatic rings. The van der Waals surface area contributed by atoms with Crippen molar-refractivity contribution in [2.45, 2.75) is 6.92 Å². The number of carbonyl (C=O) groups is 1. The maximum atomic E-state index is 11.6. The molecular formula is C19H17N5O4S. The van der Waals surface area contributed by atoms with E-state index in [2.05, 4.69) is 10.1 Å². The maximum absolute atomic E-state index is 11.6. The fraction of sp³-hybridized carbons (Fsp3) is 0.105. The van der Waals surface area contributed by atoms with E-state index in [0.717, 1.165) is 0 Å². The Bertz CT molecular complexity index is 1180. The highest BCUT2D eigenvalue weighted by Gasteiger charge is 2.14. The van der Waals surface area contributed by atoms with E-state index in [-0.39, 0.29) is 17.0 Å². The van der Waals surface area contributed by atoms with Crippen LogP contribution in [0.3, 0.4) is 0 Å². The van der Waals surface area contributed by atoms with Crippen LogP contribution < -0.4 is 10.5 Å². The standard InChI is InChI=1S/C19H17N5O4S/c1-2-21-19-23(22-10-13-5-3-4-6-15(13)24(27)28)16(11-29-19)12-7-8-17(25)14(9-12)18(20)26/h3-11,25H,2H2,1H3,(H2,20,26). The Balaban J connectivity index is 2.14. The number of nitro benzene ring substituents is 1. The Morgan fingerprint density at radius 1 is 1.34 bits per heavy atom. The predicted octanol–water partition coefficient (Wildman–Crippen LogP) is 2.73. The SMILES string of the molecule is CCN=c1scc(-c2ccc(O)c(C(N)=O)c2)n1N=Cc1ccccc1[N+](=O)[O-]. The Morgan fingerprint density at radius 3 is 2.79 bits per heavy atom. The van der Waals surface area contributed by atoms with Crippen molar-refractivity contribution < 1.29 is 14.8 Å². The number of benzene rings is 2. The van der Waals surface area contributed by atoms with Gasteiger partial charge >= 0.3 is 0 Å². The number of carbonyl (C=O) groups excluding carboxylic acids is 1. The molecule has 29 heavy (non-hydrogen) atoms. The third-order valence-corrected chi connectivity index (χ3v) is 4.84. The molecule has 1 amide bonds. The summed E-state index contributed by atoms with van der Waals surface area (Å²) in [6.07, 6.45) is 1.39. The van der Waals surface area contributed by atoms with Crippen molar-refractivity contribution in [1.29, 1.82) is 0 Å². The second-order valence-corrected chi connectivity index (χ2v) is 6.68. The molecule has 10 heteroatoms. The highest BCUT2D eigenvalue weighted by molar-refractivity contribution is 7.07.